The number of rotatable bonds is 3. The molecule has 1 radical (unpaired) electrons. The first-order chi connectivity index (χ1) is 17.9. The van der Waals surface area contributed by atoms with Crippen molar-refractivity contribution in [3.05, 3.63) is 184 Å². The number of nitrogens with zero attached hydrogens (tertiary/aromatic N) is 6. The van der Waals surface area contributed by atoms with Gasteiger partial charge in [-0.1, -0.05) is 0 Å². The third-order valence-corrected chi connectivity index (χ3v) is 5.00. The first-order valence-electron chi connectivity index (χ1n) is 11.7. The average molecular weight is 576 g/mol. The van der Waals surface area contributed by atoms with Crippen molar-refractivity contribution in [1.82, 2.24) is 0 Å². The summed E-state index contributed by atoms with van der Waals surface area (Å²) in [5, 5.41) is 0. The van der Waals surface area contributed by atoms with Gasteiger partial charge in [-0.15, -0.1) is 0 Å². The van der Waals surface area contributed by atoms with Crippen LogP contribution in [0.3, 0.4) is 0 Å². The van der Waals surface area contributed by atoms with E-state index in [1.807, 2.05) is 212 Å². The van der Waals surface area contributed by atoms with E-state index in [1.54, 1.807) is 0 Å². The predicted octanol–water partition coefficient (Wildman–Crippen LogP) is 1.72. The van der Waals surface area contributed by atoms with Crippen LogP contribution in [0.1, 0.15) is 0 Å². The number of hydrogen-bond acceptors (Lipinski definition) is 0. The van der Waals surface area contributed by atoms with E-state index in [2.05, 4.69) is 0 Å². The van der Waals surface area contributed by atoms with Crippen molar-refractivity contribution in [2.24, 2.45) is 0 Å². The number of pyridine rings is 6. The SMILES string of the molecule is [Ru+3].c1cc[n+](-[n+]2ccccc2)cc1.c1cc[n+](-[n+]2ccccc2)cc1.c1cc[n+](-[n+]2ccccc2)cc1. The van der Waals surface area contributed by atoms with Gasteiger partial charge in [-0.3, -0.25) is 0 Å². The van der Waals surface area contributed by atoms with Gasteiger partial charge in [-0.2, -0.15) is 0 Å². The van der Waals surface area contributed by atoms with Crippen molar-refractivity contribution in [1.29, 1.82) is 0 Å². The van der Waals surface area contributed by atoms with E-state index in [4.69, 9.17) is 0 Å². The number of aromatic nitrogens is 6. The van der Waals surface area contributed by atoms with Crippen LogP contribution in [0.5, 0.6) is 0 Å². The minimum absolute atomic E-state index is 0. The zero-order valence-electron chi connectivity index (χ0n) is 20.4. The molecule has 6 heterocycles. The molecule has 37 heavy (non-hydrogen) atoms. The van der Waals surface area contributed by atoms with Crippen molar-refractivity contribution < 1.29 is 47.5 Å². The monoisotopic (exact) mass is 576 g/mol. The molecule has 0 N–H and O–H groups in total. The zero-order chi connectivity index (χ0) is 24.7. The molecule has 0 saturated heterocycles. The summed E-state index contributed by atoms with van der Waals surface area (Å²) in [6.07, 6.45) is 24.0. The van der Waals surface area contributed by atoms with Gasteiger partial charge in [0.15, 0.2) is 0 Å². The molecule has 0 fully saturated rings. The molecule has 0 aliphatic carbocycles. The van der Waals surface area contributed by atoms with Crippen LogP contribution in [-0.2, 0) is 19.5 Å². The second kappa shape index (κ2) is 15.5. The van der Waals surface area contributed by atoms with E-state index < -0.39 is 0 Å². The third-order valence-electron chi connectivity index (χ3n) is 5.00. The molecular formula is C30H30N6Ru+9. The summed E-state index contributed by atoms with van der Waals surface area (Å²) >= 11 is 0. The van der Waals surface area contributed by atoms with Crippen LogP contribution in [-0.4, -0.2) is 0 Å². The Balaban J connectivity index is 0.000000152. The van der Waals surface area contributed by atoms with Gasteiger partial charge in [0, 0.05) is 72.8 Å². The van der Waals surface area contributed by atoms with Gasteiger partial charge in [0.25, 0.3) is 0 Å². The fourth-order valence-electron chi connectivity index (χ4n) is 3.26. The average Bonchev–Trinajstić information content (AvgIpc) is 3.01. The summed E-state index contributed by atoms with van der Waals surface area (Å²) in [5.41, 5.74) is 0. The summed E-state index contributed by atoms with van der Waals surface area (Å²) in [4.78, 5) is 0. The largest absolute Gasteiger partial charge is 3.00 e. The maximum atomic E-state index is 2.00. The van der Waals surface area contributed by atoms with E-state index in [-0.39, 0.29) is 19.5 Å². The van der Waals surface area contributed by atoms with E-state index in [9.17, 15) is 0 Å². The normalized spacial score (nSPS) is 9.41. The molecule has 0 aliphatic heterocycles. The molecule has 0 aliphatic rings. The van der Waals surface area contributed by atoms with Crippen LogP contribution in [0.15, 0.2) is 184 Å². The fourth-order valence-corrected chi connectivity index (χ4v) is 3.26. The molecule has 6 aromatic rings. The van der Waals surface area contributed by atoms with Crippen molar-refractivity contribution in [2.45, 2.75) is 0 Å². The van der Waals surface area contributed by atoms with Crippen molar-refractivity contribution in [2.75, 3.05) is 0 Å². The summed E-state index contributed by atoms with van der Waals surface area (Å²) in [7, 11) is 0. The molecule has 0 amide bonds. The minimum atomic E-state index is 0. The van der Waals surface area contributed by atoms with Crippen LogP contribution in [0.2, 0.25) is 0 Å². The van der Waals surface area contributed by atoms with Gasteiger partial charge in [0.1, 0.15) is 0 Å². The Morgan fingerprint density at radius 3 is 0.378 bits per heavy atom. The Morgan fingerprint density at radius 1 is 0.162 bits per heavy atom. The van der Waals surface area contributed by atoms with Gasteiger partial charge in [-0.25, -0.2) is 0 Å². The van der Waals surface area contributed by atoms with Gasteiger partial charge >= 0.3 is 19.5 Å². The van der Waals surface area contributed by atoms with E-state index >= 15 is 0 Å². The van der Waals surface area contributed by atoms with Crippen molar-refractivity contribution >= 4 is 0 Å². The summed E-state index contributed by atoms with van der Waals surface area (Å²) in [6, 6.07) is 36.0. The van der Waals surface area contributed by atoms with Gasteiger partial charge in [0.05, 0.1) is 28.1 Å². The molecule has 7 heteroatoms. The van der Waals surface area contributed by atoms with Crippen molar-refractivity contribution in [3.8, 4) is 0 Å². The Kier molecular flexibility index (Phi) is 11.4. The summed E-state index contributed by atoms with van der Waals surface area (Å²) in [6.45, 7) is 0. The molecule has 0 saturated carbocycles. The summed E-state index contributed by atoms with van der Waals surface area (Å²) < 4.78 is 12.0. The quantitative estimate of drug-likeness (QED) is 0.227. The minimum Gasteiger partial charge on any atom is -0.0499 e. The first-order valence-corrected chi connectivity index (χ1v) is 11.7. The van der Waals surface area contributed by atoms with Crippen molar-refractivity contribution in [3.63, 3.8) is 0 Å². The Hall–Kier alpha value is -4.48. The second-order valence-corrected chi connectivity index (χ2v) is 7.53. The maximum Gasteiger partial charge on any atom is 3.00 e. The molecule has 0 bridgehead atoms. The topological polar surface area (TPSA) is 23.3 Å². The van der Waals surface area contributed by atoms with Gasteiger partial charge in [-0.05, 0) is 36.4 Å². The van der Waals surface area contributed by atoms with Crippen LogP contribution < -0.4 is 28.1 Å². The predicted molar refractivity (Wildman–Crippen MR) is 132 cm³/mol. The molecule has 0 spiro atoms. The van der Waals surface area contributed by atoms with Crippen LogP contribution in [0, 0.1) is 0 Å². The molecule has 6 nitrogen and oxygen atoms in total. The smallest absolute Gasteiger partial charge is 0.0499 e. The van der Waals surface area contributed by atoms with Crippen LogP contribution >= 0.6 is 0 Å². The zero-order valence-corrected chi connectivity index (χ0v) is 22.1. The fraction of sp³-hybridized carbons (Fsp3) is 0. The van der Waals surface area contributed by atoms with Gasteiger partial charge in [0.2, 0.25) is 74.4 Å². The van der Waals surface area contributed by atoms with E-state index in [0.29, 0.717) is 0 Å². The van der Waals surface area contributed by atoms with E-state index in [1.165, 1.54) is 0 Å². The van der Waals surface area contributed by atoms with E-state index in [0.717, 1.165) is 0 Å². The third kappa shape index (κ3) is 8.91. The molecule has 179 valence electrons. The summed E-state index contributed by atoms with van der Waals surface area (Å²) in [5.74, 6) is 0. The molecule has 0 aromatic carbocycles. The molecule has 6 aromatic heterocycles. The molecule has 0 atom stereocenters. The second-order valence-electron chi connectivity index (χ2n) is 7.53. The first kappa shape index (κ1) is 27.1. The van der Waals surface area contributed by atoms with Gasteiger partial charge < -0.3 is 0 Å². The maximum absolute atomic E-state index is 2.00. The molecular weight excluding hydrogens is 545 g/mol. The molecule has 6 rings (SSSR count). The number of hydrogen-bond donors (Lipinski definition) is 0. The Morgan fingerprint density at radius 2 is 0.270 bits per heavy atom. The Bertz CT molecular complexity index is 1100. The molecule has 0 unspecified atom stereocenters. The Labute approximate surface area is 230 Å². The van der Waals surface area contributed by atoms with Crippen LogP contribution in [0.4, 0.5) is 0 Å². The standard InChI is InChI=1S/3C10H10N2.Ru/c3*1-3-7-11(8-4-1)12-9-5-2-6-10-12;/h3*1-10H;/q3*+2;+3. The van der Waals surface area contributed by atoms with Crippen LogP contribution in [0.25, 0.3) is 0 Å².